The van der Waals surface area contributed by atoms with Crippen LogP contribution in [0.25, 0.3) is 10.2 Å². The topological polar surface area (TPSA) is 75.4 Å². The Balaban J connectivity index is 2.48. The van der Waals surface area contributed by atoms with Crippen molar-refractivity contribution in [3.8, 4) is 0 Å². The molecule has 2 rings (SSSR count). The molecule has 0 spiro atoms. The second-order valence-corrected chi connectivity index (χ2v) is 6.87. The Morgan fingerprint density at radius 3 is 2.71 bits per heavy atom. The van der Waals surface area contributed by atoms with Crippen molar-refractivity contribution >= 4 is 27.5 Å². The predicted molar refractivity (Wildman–Crippen MR) is 82.9 cm³/mol. The summed E-state index contributed by atoms with van der Waals surface area (Å²) in [6.07, 6.45) is 1.45. The molecule has 21 heavy (non-hydrogen) atoms. The number of fused-ring (bicyclic) bond motifs is 1. The highest BCUT2D eigenvalue weighted by Crippen LogP contribution is 2.27. The van der Waals surface area contributed by atoms with E-state index in [9.17, 15) is 14.7 Å². The van der Waals surface area contributed by atoms with E-state index in [1.54, 1.807) is 34.9 Å². The summed E-state index contributed by atoms with van der Waals surface area (Å²) in [5, 5.41) is 10.3. The number of amides is 1. The molecule has 0 saturated carbocycles. The molecule has 0 radical (unpaired) electrons. The Bertz CT molecular complexity index is 755. The van der Waals surface area contributed by atoms with Crippen LogP contribution < -0.4 is 5.56 Å². The molecular weight excluding hydrogens is 290 g/mol. The maximum absolute atomic E-state index is 12.5. The lowest BCUT2D eigenvalue weighted by molar-refractivity contribution is 0.0370. The summed E-state index contributed by atoms with van der Waals surface area (Å²) in [6, 6.07) is 0. The minimum atomic E-state index is -0.969. The molecule has 0 aromatic carbocycles. The molecule has 0 aliphatic carbocycles. The van der Waals surface area contributed by atoms with E-state index >= 15 is 0 Å². The van der Waals surface area contributed by atoms with E-state index in [1.165, 1.54) is 27.1 Å². The highest BCUT2D eigenvalue weighted by molar-refractivity contribution is 7.20. The fourth-order valence-electron chi connectivity index (χ4n) is 2.24. The van der Waals surface area contributed by atoms with E-state index in [-0.39, 0.29) is 18.0 Å². The van der Waals surface area contributed by atoms with Gasteiger partial charge in [0.1, 0.15) is 4.83 Å². The van der Waals surface area contributed by atoms with Crippen LogP contribution in [0.3, 0.4) is 0 Å². The number of aliphatic hydroxyl groups is 1. The van der Waals surface area contributed by atoms with Gasteiger partial charge in [-0.3, -0.25) is 9.59 Å². The number of rotatable bonds is 3. The third-order valence-electron chi connectivity index (χ3n) is 3.18. The first-order valence-electron chi connectivity index (χ1n) is 6.54. The molecular formula is C14H19N3O3S. The number of hydrogen-bond donors (Lipinski definition) is 1. The number of aryl methyl sites for hydroxylation is 2. The van der Waals surface area contributed by atoms with Crippen molar-refractivity contribution in [2.45, 2.75) is 26.4 Å². The Hall–Kier alpha value is -1.73. The van der Waals surface area contributed by atoms with Crippen molar-refractivity contribution in [1.29, 1.82) is 0 Å². The highest BCUT2D eigenvalue weighted by atomic mass is 32.1. The monoisotopic (exact) mass is 309 g/mol. The molecule has 0 aliphatic heterocycles. The Kier molecular flexibility index (Phi) is 3.90. The van der Waals surface area contributed by atoms with E-state index < -0.39 is 5.60 Å². The van der Waals surface area contributed by atoms with Crippen LogP contribution in [-0.2, 0) is 7.05 Å². The second kappa shape index (κ2) is 5.23. The van der Waals surface area contributed by atoms with Crippen LogP contribution in [0.1, 0.15) is 29.1 Å². The lowest BCUT2D eigenvalue weighted by Crippen LogP contribution is -2.39. The number of carbonyl (C=O) groups excluding carboxylic acids is 1. The maximum atomic E-state index is 12.5. The summed E-state index contributed by atoms with van der Waals surface area (Å²) in [6.45, 7) is 5.26. The van der Waals surface area contributed by atoms with Crippen LogP contribution in [0.15, 0.2) is 11.1 Å². The van der Waals surface area contributed by atoms with Crippen LogP contribution in [0.4, 0.5) is 0 Å². The fourth-order valence-corrected chi connectivity index (χ4v) is 3.37. The van der Waals surface area contributed by atoms with Gasteiger partial charge >= 0.3 is 0 Å². The van der Waals surface area contributed by atoms with Gasteiger partial charge in [0.25, 0.3) is 11.5 Å². The number of thiophene rings is 1. The van der Waals surface area contributed by atoms with E-state index in [2.05, 4.69) is 4.98 Å². The zero-order valence-electron chi connectivity index (χ0n) is 12.8. The molecule has 0 unspecified atom stereocenters. The van der Waals surface area contributed by atoms with Crippen molar-refractivity contribution in [1.82, 2.24) is 14.5 Å². The lowest BCUT2D eigenvalue weighted by atomic mass is 10.1. The first-order valence-corrected chi connectivity index (χ1v) is 7.36. The number of nitrogens with zero attached hydrogens (tertiary/aromatic N) is 3. The van der Waals surface area contributed by atoms with Crippen molar-refractivity contribution in [2.24, 2.45) is 7.05 Å². The van der Waals surface area contributed by atoms with Gasteiger partial charge in [0.15, 0.2) is 0 Å². The molecule has 1 N–H and O–H groups in total. The van der Waals surface area contributed by atoms with Gasteiger partial charge in [-0.25, -0.2) is 4.98 Å². The number of aromatic nitrogens is 2. The average Bonchev–Trinajstić information content (AvgIpc) is 2.69. The van der Waals surface area contributed by atoms with Crippen LogP contribution in [0, 0.1) is 6.92 Å². The fraction of sp³-hybridized carbons (Fsp3) is 0.500. The van der Waals surface area contributed by atoms with E-state index in [4.69, 9.17) is 0 Å². The van der Waals surface area contributed by atoms with E-state index in [1.807, 2.05) is 0 Å². The minimum absolute atomic E-state index is 0.155. The first-order chi connectivity index (χ1) is 9.61. The van der Waals surface area contributed by atoms with Gasteiger partial charge in [0.2, 0.25) is 0 Å². The smallest absolute Gasteiger partial charge is 0.264 e. The SMILES string of the molecule is Cc1c(C(=O)N(C)CC(C)(C)O)sc2ncn(C)c(=O)c12. The van der Waals surface area contributed by atoms with Crippen molar-refractivity contribution < 1.29 is 9.90 Å². The first kappa shape index (κ1) is 15.7. The molecule has 6 nitrogen and oxygen atoms in total. The standard InChI is InChI=1S/C14H19N3O3S/c1-8-9-11(15-7-17(5)12(9)18)21-10(8)13(19)16(4)6-14(2,3)20/h7,20H,6H2,1-5H3. The van der Waals surface area contributed by atoms with Crippen LogP contribution >= 0.6 is 11.3 Å². The second-order valence-electron chi connectivity index (χ2n) is 5.87. The third-order valence-corrected chi connectivity index (χ3v) is 4.36. The number of hydrogen-bond acceptors (Lipinski definition) is 5. The molecule has 2 heterocycles. The number of carbonyl (C=O) groups is 1. The molecule has 0 atom stereocenters. The summed E-state index contributed by atoms with van der Waals surface area (Å²) in [5.41, 5.74) is -0.474. The average molecular weight is 309 g/mol. The third kappa shape index (κ3) is 2.98. The van der Waals surface area contributed by atoms with Crippen molar-refractivity contribution in [3.05, 3.63) is 27.1 Å². The van der Waals surface area contributed by atoms with Crippen molar-refractivity contribution in [3.63, 3.8) is 0 Å². The van der Waals surface area contributed by atoms with Gasteiger partial charge in [-0.1, -0.05) is 0 Å². The summed E-state index contributed by atoms with van der Waals surface area (Å²) in [5.74, 6) is -0.209. The lowest BCUT2D eigenvalue weighted by Gasteiger charge is -2.25. The van der Waals surface area contributed by atoms with Gasteiger partial charge in [-0.2, -0.15) is 0 Å². The Morgan fingerprint density at radius 1 is 1.52 bits per heavy atom. The van der Waals surface area contributed by atoms with Gasteiger partial charge in [0.05, 0.1) is 22.2 Å². The molecule has 0 bridgehead atoms. The molecule has 0 fully saturated rings. The molecule has 114 valence electrons. The van der Waals surface area contributed by atoms with Gasteiger partial charge in [-0.05, 0) is 26.3 Å². The Labute approximate surface area is 126 Å². The molecule has 2 aromatic rings. The largest absolute Gasteiger partial charge is 0.389 e. The van der Waals surface area contributed by atoms with Crippen LogP contribution in [0.5, 0.6) is 0 Å². The van der Waals surface area contributed by atoms with E-state index in [0.717, 1.165) is 0 Å². The molecule has 1 amide bonds. The summed E-state index contributed by atoms with van der Waals surface area (Å²) in [7, 11) is 3.27. The van der Waals surface area contributed by atoms with Gasteiger partial charge in [-0.15, -0.1) is 11.3 Å². The van der Waals surface area contributed by atoms with E-state index in [0.29, 0.717) is 20.7 Å². The normalized spacial score (nSPS) is 11.9. The quantitative estimate of drug-likeness (QED) is 0.923. The van der Waals surface area contributed by atoms with Crippen LogP contribution in [-0.4, -0.2) is 44.7 Å². The molecule has 2 aromatic heterocycles. The molecule has 0 aliphatic rings. The maximum Gasteiger partial charge on any atom is 0.264 e. The van der Waals surface area contributed by atoms with Crippen molar-refractivity contribution in [2.75, 3.05) is 13.6 Å². The van der Waals surface area contributed by atoms with Gasteiger partial charge in [0, 0.05) is 20.6 Å². The highest BCUT2D eigenvalue weighted by Gasteiger charge is 2.25. The summed E-state index contributed by atoms with van der Waals surface area (Å²) >= 11 is 1.21. The van der Waals surface area contributed by atoms with Gasteiger partial charge < -0.3 is 14.6 Å². The number of likely N-dealkylation sites (N-methyl/N-ethyl adjacent to an activating group) is 1. The summed E-state index contributed by atoms with van der Waals surface area (Å²) in [4.78, 5) is 31.4. The zero-order chi connectivity index (χ0) is 15.9. The minimum Gasteiger partial charge on any atom is -0.389 e. The predicted octanol–water partition coefficient (Wildman–Crippen LogP) is 1.15. The Morgan fingerprint density at radius 2 is 2.14 bits per heavy atom. The van der Waals surface area contributed by atoms with Crippen LogP contribution in [0.2, 0.25) is 0 Å². The molecule has 0 saturated heterocycles. The summed E-state index contributed by atoms with van der Waals surface area (Å²) < 4.78 is 1.40. The molecule has 7 heteroatoms. The zero-order valence-corrected chi connectivity index (χ0v) is 13.6.